The third-order valence-electron chi connectivity index (χ3n) is 3.18. The lowest BCUT2D eigenvalue weighted by Crippen LogP contribution is -2.40. The van der Waals surface area contributed by atoms with Gasteiger partial charge in [-0.2, -0.15) is 0 Å². The summed E-state index contributed by atoms with van der Waals surface area (Å²) in [5.41, 5.74) is -0.0688. The van der Waals surface area contributed by atoms with Crippen molar-refractivity contribution in [3.05, 3.63) is 0 Å². The van der Waals surface area contributed by atoms with Crippen LogP contribution in [0.5, 0.6) is 0 Å². The molecule has 1 saturated carbocycles. The van der Waals surface area contributed by atoms with Gasteiger partial charge >= 0.3 is 0 Å². The van der Waals surface area contributed by atoms with Crippen molar-refractivity contribution in [2.24, 2.45) is 11.3 Å². The molecular weight excluding hydrogens is 218 g/mol. The SMILES string of the molecule is CC(OCC1CC1)C(=O)NCC(C)(C)CCO. The molecule has 0 aromatic heterocycles. The molecule has 17 heavy (non-hydrogen) atoms. The molecule has 0 bridgehead atoms. The van der Waals surface area contributed by atoms with E-state index in [1.165, 1.54) is 12.8 Å². The van der Waals surface area contributed by atoms with Crippen LogP contribution in [0.1, 0.15) is 40.0 Å². The zero-order valence-corrected chi connectivity index (χ0v) is 11.2. The number of aliphatic hydroxyl groups is 1. The van der Waals surface area contributed by atoms with E-state index in [1.807, 2.05) is 13.8 Å². The van der Waals surface area contributed by atoms with Gasteiger partial charge in [-0.3, -0.25) is 4.79 Å². The van der Waals surface area contributed by atoms with Gasteiger partial charge in [0.15, 0.2) is 0 Å². The molecule has 1 fully saturated rings. The van der Waals surface area contributed by atoms with E-state index in [-0.39, 0.29) is 24.0 Å². The largest absolute Gasteiger partial charge is 0.396 e. The van der Waals surface area contributed by atoms with Gasteiger partial charge in [0, 0.05) is 13.2 Å². The van der Waals surface area contributed by atoms with E-state index in [0.717, 1.165) is 0 Å². The van der Waals surface area contributed by atoms with E-state index in [4.69, 9.17) is 9.84 Å². The zero-order valence-electron chi connectivity index (χ0n) is 11.2. The van der Waals surface area contributed by atoms with E-state index < -0.39 is 0 Å². The normalized spacial score (nSPS) is 17.9. The molecule has 1 amide bonds. The molecule has 1 aliphatic carbocycles. The molecule has 100 valence electrons. The second kappa shape index (κ2) is 6.36. The van der Waals surface area contributed by atoms with Crippen molar-refractivity contribution in [1.82, 2.24) is 5.32 Å². The average molecular weight is 243 g/mol. The second-order valence-corrected chi connectivity index (χ2v) is 5.77. The molecule has 1 aliphatic rings. The van der Waals surface area contributed by atoms with E-state index in [0.29, 0.717) is 25.5 Å². The summed E-state index contributed by atoms with van der Waals surface area (Å²) in [5, 5.41) is 11.8. The fourth-order valence-corrected chi connectivity index (χ4v) is 1.50. The monoisotopic (exact) mass is 243 g/mol. The number of hydrogen-bond acceptors (Lipinski definition) is 3. The minimum absolute atomic E-state index is 0.0586. The first-order valence-electron chi connectivity index (χ1n) is 6.45. The topological polar surface area (TPSA) is 58.6 Å². The summed E-state index contributed by atoms with van der Waals surface area (Å²) < 4.78 is 5.49. The van der Waals surface area contributed by atoms with Gasteiger partial charge in [0.1, 0.15) is 6.10 Å². The molecule has 1 unspecified atom stereocenters. The van der Waals surface area contributed by atoms with Gasteiger partial charge in [-0.25, -0.2) is 0 Å². The highest BCUT2D eigenvalue weighted by Crippen LogP contribution is 2.29. The first-order valence-corrected chi connectivity index (χ1v) is 6.45. The lowest BCUT2D eigenvalue weighted by Gasteiger charge is -2.24. The number of aliphatic hydroxyl groups excluding tert-OH is 1. The van der Waals surface area contributed by atoms with Crippen LogP contribution in [0, 0.1) is 11.3 Å². The Morgan fingerprint density at radius 3 is 2.71 bits per heavy atom. The molecule has 0 aromatic carbocycles. The van der Waals surface area contributed by atoms with Gasteiger partial charge < -0.3 is 15.2 Å². The van der Waals surface area contributed by atoms with Crippen LogP contribution in [0.3, 0.4) is 0 Å². The van der Waals surface area contributed by atoms with Gasteiger partial charge in [0.25, 0.3) is 0 Å². The number of rotatable bonds is 8. The molecular formula is C13H25NO3. The standard InChI is InChI=1S/C13H25NO3/c1-10(17-8-11-4-5-11)12(16)14-9-13(2,3)6-7-15/h10-11,15H,4-9H2,1-3H3,(H,14,16). The first kappa shape index (κ1) is 14.5. The Bertz CT molecular complexity index is 249. The highest BCUT2D eigenvalue weighted by Gasteiger charge is 2.25. The van der Waals surface area contributed by atoms with Crippen LogP contribution >= 0.6 is 0 Å². The van der Waals surface area contributed by atoms with Crippen LogP contribution < -0.4 is 5.32 Å². The van der Waals surface area contributed by atoms with Gasteiger partial charge in [0.2, 0.25) is 5.91 Å². The first-order chi connectivity index (χ1) is 7.94. The third-order valence-corrected chi connectivity index (χ3v) is 3.18. The smallest absolute Gasteiger partial charge is 0.248 e. The van der Waals surface area contributed by atoms with Gasteiger partial charge in [0.05, 0.1) is 6.61 Å². The summed E-state index contributed by atoms with van der Waals surface area (Å²) in [5.74, 6) is 0.618. The lowest BCUT2D eigenvalue weighted by atomic mass is 9.90. The second-order valence-electron chi connectivity index (χ2n) is 5.77. The molecule has 4 nitrogen and oxygen atoms in total. The van der Waals surface area contributed by atoms with E-state index in [1.54, 1.807) is 6.92 Å². The predicted molar refractivity (Wildman–Crippen MR) is 66.6 cm³/mol. The van der Waals surface area contributed by atoms with Crippen molar-refractivity contribution < 1.29 is 14.6 Å². The van der Waals surface area contributed by atoms with E-state index >= 15 is 0 Å². The van der Waals surface area contributed by atoms with Crippen LogP contribution in [0.2, 0.25) is 0 Å². The Labute approximate surface area is 104 Å². The Morgan fingerprint density at radius 1 is 1.53 bits per heavy atom. The summed E-state index contributed by atoms with van der Waals surface area (Å²) in [6.45, 7) is 7.27. The Kier molecular flexibility index (Phi) is 5.40. The summed E-state index contributed by atoms with van der Waals surface area (Å²) in [7, 11) is 0. The van der Waals surface area contributed by atoms with Gasteiger partial charge in [-0.1, -0.05) is 13.8 Å². The van der Waals surface area contributed by atoms with Crippen LogP contribution in [-0.2, 0) is 9.53 Å². The number of amides is 1. The summed E-state index contributed by atoms with van der Waals surface area (Å²) in [6, 6.07) is 0. The Balaban J connectivity index is 2.17. The zero-order chi connectivity index (χ0) is 12.9. The Morgan fingerprint density at radius 2 is 2.18 bits per heavy atom. The van der Waals surface area contributed by atoms with Crippen LogP contribution in [0.15, 0.2) is 0 Å². The van der Waals surface area contributed by atoms with Crippen molar-refractivity contribution in [1.29, 1.82) is 0 Å². The number of hydrogen-bond donors (Lipinski definition) is 2. The highest BCUT2D eigenvalue weighted by molar-refractivity contribution is 5.80. The molecule has 4 heteroatoms. The maximum absolute atomic E-state index is 11.7. The van der Waals surface area contributed by atoms with E-state index in [2.05, 4.69) is 5.32 Å². The molecule has 2 N–H and O–H groups in total. The molecule has 0 heterocycles. The maximum Gasteiger partial charge on any atom is 0.248 e. The summed E-state index contributed by atoms with van der Waals surface area (Å²) in [4.78, 5) is 11.7. The molecule has 1 atom stereocenters. The maximum atomic E-state index is 11.7. The number of carbonyl (C=O) groups is 1. The van der Waals surface area contributed by atoms with Gasteiger partial charge in [-0.05, 0) is 37.5 Å². The fourth-order valence-electron chi connectivity index (χ4n) is 1.50. The van der Waals surface area contributed by atoms with Crippen molar-refractivity contribution in [2.75, 3.05) is 19.8 Å². The average Bonchev–Trinajstić information content (AvgIpc) is 3.06. The summed E-state index contributed by atoms with van der Waals surface area (Å²) >= 11 is 0. The molecule has 1 rings (SSSR count). The third kappa shape index (κ3) is 6.03. The number of ether oxygens (including phenoxy) is 1. The van der Waals surface area contributed by atoms with Crippen LogP contribution in [-0.4, -0.2) is 36.9 Å². The van der Waals surface area contributed by atoms with Crippen LogP contribution in [0.4, 0.5) is 0 Å². The van der Waals surface area contributed by atoms with Gasteiger partial charge in [-0.15, -0.1) is 0 Å². The molecule has 0 aromatic rings. The van der Waals surface area contributed by atoms with Crippen LogP contribution in [0.25, 0.3) is 0 Å². The predicted octanol–water partition coefficient (Wildman–Crippen LogP) is 1.33. The quantitative estimate of drug-likeness (QED) is 0.676. The number of nitrogens with one attached hydrogen (secondary N) is 1. The number of carbonyl (C=O) groups excluding carboxylic acids is 1. The van der Waals surface area contributed by atoms with Crippen molar-refractivity contribution in [2.45, 2.75) is 46.1 Å². The molecule has 0 saturated heterocycles. The fraction of sp³-hybridized carbons (Fsp3) is 0.923. The van der Waals surface area contributed by atoms with Crippen molar-refractivity contribution >= 4 is 5.91 Å². The lowest BCUT2D eigenvalue weighted by molar-refractivity contribution is -0.132. The Hall–Kier alpha value is -0.610. The van der Waals surface area contributed by atoms with Crippen molar-refractivity contribution in [3.63, 3.8) is 0 Å². The van der Waals surface area contributed by atoms with E-state index in [9.17, 15) is 4.79 Å². The summed E-state index contributed by atoms with van der Waals surface area (Å²) in [6.07, 6.45) is 2.78. The molecule has 0 spiro atoms. The van der Waals surface area contributed by atoms with Crippen molar-refractivity contribution in [3.8, 4) is 0 Å². The molecule has 0 aliphatic heterocycles. The minimum atomic E-state index is -0.375. The highest BCUT2D eigenvalue weighted by atomic mass is 16.5. The molecule has 0 radical (unpaired) electrons. The minimum Gasteiger partial charge on any atom is -0.396 e.